The predicted octanol–water partition coefficient (Wildman–Crippen LogP) is 5.64. The van der Waals surface area contributed by atoms with Gasteiger partial charge in [-0.15, -0.1) is 0 Å². The van der Waals surface area contributed by atoms with Crippen LogP contribution in [0.4, 0.5) is 0 Å². The number of hydrogen-bond donors (Lipinski definition) is 0. The average molecular weight is 284 g/mol. The number of benzene rings is 2. The van der Waals surface area contributed by atoms with Crippen molar-refractivity contribution in [2.75, 3.05) is 6.61 Å². The van der Waals surface area contributed by atoms with Crippen LogP contribution in [0.2, 0.25) is 0 Å². The van der Waals surface area contributed by atoms with Crippen LogP contribution in [0.25, 0.3) is 0 Å². The van der Waals surface area contributed by atoms with Gasteiger partial charge in [0.1, 0.15) is 0 Å². The highest BCUT2D eigenvalue weighted by Crippen LogP contribution is 2.05. The van der Waals surface area contributed by atoms with Gasteiger partial charge in [0.2, 0.25) is 0 Å². The smallest absolute Gasteiger partial charge is 0.0716 e. The van der Waals surface area contributed by atoms with E-state index >= 15 is 0 Å². The molecule has 1 heteroatoms. The molecule has 0 bridgehead atoms. The zero-order valence-corrected chi connectivity index (χ0v) is 13.4. The number of rotatable bonds is 7. The van der Waals surface area contributed by atoms with Gasteiger partial charge in [-0.1, -0.05) is 80.4 Å². The van der Waals surface area contributed by atoms with Crippen molar-refractivity contribution in [3.8, 4) is 0 Å². The fourth-order valence-electron chi connectivity index (χ4n) is 2.02. The van der Waals surface area contributed by atoms with E-state index in [2.05, 4.69) is 49.4 Å². The molecule has 2 rings (SSSR count). The quantitative estimate of drug-likeness (QED) is 0.598. The third-order valence-electron chi connectivity index (χ3n) is 3.23. The highest BCUT2D eigenvalue weighted by atomic mass is 16.5. The fraction of sp³-hybridized carbons (Fsp3) is 0.400. The summed E-state index contributed by atoms with van der Waals surface area (Å²) in [4.78, 5) is 0. The van der Waals surface area contributed by atoms with Gasteiger partial charge in [-0.2, -0.15) is 0 Å². The summed E-state index contributed by atoms with van der Waals surface area (Å²) in [6.07, 6.45) is 5.25. The number of ether oxygens (including phenoxy) is 1. The predicted molar refractivity (Wildman–Crippen MR) is 91.4 cm³/mol. The van der Waals surface area contributed by atoms with Gasteiger partial charge in [-0.25, -0.2) is 0 Å². The second-order valence-electron chi connectivity index (χ2n) is 5.07. The molecule has 0 aromatic heterocycles. The minimum absolute atomic E-state index is 0.733. The maximum absolute atomic E-state index is 5.22. The van der Waals surface area contributed by atoms with Crippen molar-refractivity contribution in [3.63, 3.8) is 0 Å². The van der Waals surface area contributed by atoms with Crippen LogP contribution in [-0.4, -0.2) is 6.61 Å². The van der Waals surface area contributed by atoms with E-state index < -0.39 is 0 Å². The number of hydrogen-bond acceptors (Lipinski definition) is 1. The first-order chi connectivity index (χ1) is 10.4. The molecule has 1 nitrogen and oxygen atoms in total. The maximum Gasteiger partial charge on any atom is 0.0716 e. The molecule has 0 atom stereocenters. The molecule has 0 N–H and O–H groups in total. The standard InChI is InChI=1S/C11H16.C9H12O/c1-2-3-5-8-11-9-6-4-7-10-11;1-2-10-8-9-6-4-3-5-7-9/h4,6-7,9-10H,2-3,5,8H2,1H3;3-7H,2,8H2,1H3. The van der Waals surface area contributed by atoms with E-state index in [1.807, 2.05) is 25.1 Å². The molecule has 0 fully saturated rings. The van der Waals surface area contributed by atoms with Gasteiger partial charge in [-0.3, -0.25) is 0 Å². The molecule has 0 amide bonds. The van der Waals surface area contributed by atoms with E-state index in [1.165, 1.54) is 36.8 Å². The van der Waals surface area contributed by atoms with Gasteiger partial charge in [-0.05, 0) is 30.9 Å². The molecule has 2 aromatic rings. The van der Waals surface area contributed by atoms with Gasteiger partial charge in [0.25, 0.3) is 0 Å². The van der Waals surface area contributed by atoms with Crippen LogP contribution >= 0.6 is 0 Å². The topological polar surface area (TPSA) is 9.23 Å². The van der Waals surface area contributed by atoms with Crippen LogP contribution < -0.4 is 0 Å². The minimum Gasteiger partial charge on any atom is -0.377 e. The first-order valence-corrected chi connectivity index (χ1v) is 8.02. The Morgan fingerprint density at radius 2 is 1.29 bits per heavy atom. The second-order valence-corrected chi connectivity index (χ2v) is 5.07. The third-order valence-corrected chi connectivity index (χ3v) is 3.23. The van der Waals surface area contributed by atoms with Crippen molar-refractivity contribution in [1.82, 2.24) is 0 Å². The van der Waals surface area contributed by atoms with Gasteiger partial charge < -0.3 is 4.74 Å². The lowest BCUT2D eigenvalue weighted by Crippen LogP contribution is -1.90. The molecule has 0 aliphatic rings. The van der Waals surface area contributed by atoms with Crippen molar-refractivity contribution in [3.05, 3.63) is 71.8 Å². The van der Waals surface area contributed by atoms with Gasteiger partial charge in [0.15, 0.2) is 0 Å². The van der Waals surface area contributed by atoms with Crippen molar-refractivity contribution in [2.24, 2.45) is 0 Å². The van der Waals surface area contributed by atoms with Crippen LogP contribution in [0.3, 0.4) is 0 Å². The van der Waals surface area contributed by atoms with Crippen LogP contribution in [0.15, 0.2) is 60.7 Å². The zero-order chi connectivity index (χ0) is 15.2. The summed E-state index contributed by atoms with van der Waals surface area (Å²) in [6, 6.07) is 20.9. The summed E-state index contributed by atoms with van der Waals surface area (Å²) in [7, 11) is 0. The lowest BCUT2D eigenvalue weighted by molar-refractivity contribution is 0.134. The largest absolute Gasteiger partial charge is 0.377 e. The van der Waals surface area contributed by atoms with Gasteiger partial charge >= 0.3 is 0 Å². The zero-order valence-electron chi connectivity index (χ0n) is 13.4. The Labute approximate surface area is 130 Å². The summed E-state index contributed by atoms with van der Waals surface area (Å²) >= 11 is 0. The lowest BCUT2D eigenvalue weighted by atomic mass is 10.1. The number of aryl methyl sites for hydroxylation is 1. The molecular formula is C20H28O. The molecule has 0 radical (unpaired) electrons. The first-order valence-electron chi connectivity index (χ1n) is 8.02. The van der Waals surface area contributed by atoms with Crippen molar-refractivity contribution < 1.29 is 4.74 Å². The van der Waals surface area contributed by atoms with E-state index in [1.54, 1.807) is 0 Å². The molecule has 114 valence electrons. The van der Waals surface area contributed by atoms with Gasteiger partial charge in [0.05, 0.1) is 6.61 Å². The Bertz CT molecular complexity index is 436. The molecule has 0 saturated carbocycles. The molecule has 0 aliphatic heterocycles. The first kappa shape index (κ1) is 17.5. The van der Waals surface area contributed by atoms with Crippen molar-refractivity contribution in [1.29, 1.82) is 0 Å². The average Bonchev–Trinajstić information content (AvgIpc) is 2.56. The minimum atomic E-state index is 0.733. The van der Waals surface area contributed by atoms with E-state index in [0.29, 0.717) is 0 Å². The van der Waals surface area contributed by atoms with Gasteiger partial charge in [0, 0.05) is 6.61 Å². The van der Waals surface area contributed by atoms with E-state index in [9.17, 15) is 0 Å². The second kappa shape index (κ2) is 12.2. The Kier molecular flexibility index (Phi) is 10.1. The Balaban J connectivity index is 0.000000211. The van der Waals surface area contributed by atoms with E-state index in [-0.39, 0.29) is 0 Å². The van der Waals surface area contributed by atoms with Crippen LogP contribution in [0.1, 0.15) is 44.2 Å². The summed E-state index contributed by atoms with van der Waals surface area (Å²) in [5, 5.41) is 0. The molecule has 0 spiro atoms. The summed E-state index contributed by atoms with van der Waals surface area (Å²) in [5.41, 5.74) is 2.71. The van der Waals surface area contributed by atoms with Crippen LogP contribution in [0.5, 0.6) is 0 Å². The third kappa shape index (κ3) is 9.04. The highest BCUT2D eigenvalue weighted by Gasteiger charge is 1.89. The van der Waals surface area contributed by atoms with Crippen LogP contribution in [-0.2, 0) is 17.8 Å². The highest BCUT2D eigenvalue weighted by molar-refractivity contribution is 5.14. The molecule has 2 aromatic carbocycles. The fourth-order valence-corrected chi connectivity index (χ4v) is 2.02. The molecule has 0 heterocycles. The lowest BCUT2D eigenvalue weighted by Gasteiger charge is -1.98. The van der Waals surface area contributed by atoms with E-state index in [0.717, 1.165) is 13.2 Å². The van der Waals surface area contributed by atoms with Crippen molar-refractivity contribution in [2.45, 2.75) is 46.1 Å². The van der Waals surface area contributed by atoms with Crippen LogP contribution in [0, 0.1) is 0 Å². The molecular weight excluding hydrogens is 256 g/mol. The molecule has 0 aliphatic carbocycles. The van der Waals surface area contributed by atoms with Crippen molar-refractivity contribution >= 4 is 0 Å². The molecule has 21 heavy (non-hydrogen) atoms. The SMILES string of the molecule is CCCCCc1ccccc1.CCOCc1ccccc1. The maximum atomic E-state index is 5.22. The summed E-state index contributed by atoms with van der Waals surface area (Å²) < 4.78 is 5.22. The molecule has 0 unspecified atom stereocenters. The summed E-state index contributed by atoms with van der Waals surface area (Å²) in [5.74, 6) is 0. The Morgan fingerprint density at radius 3 is 1.81 bits per heavy atom. The normalized spacial score (nSPS) is 9.81. The number of unbranched alkanes of at least 4 members (excludes halogenated alkanes) is 2. The monoisotopic (exact) mass is 284 g/mol. The summed E-state index contributed by atoms with van der Waals surface area (Å²) in [6.45, 7) is 5.76. The van der Waals surface area contributed by atoms with E-state index in [4.69, 9.17) is 4.74 Å². The Morgan fingerprint density at radius 1 is 0.714 bits per heavy atom. The molecule has 0 saturated heterocycles. The Hall–Kier alpha value is -1.60.